The molecule has 1 aliphatic heterocycles. The van der Waals surface area contributed by atoms with E-state index in [-0.39, 0.29) is 11.7 Å². The van der Waals surface area contributed by atoms with Gasteiger partial charge in [-0.15, -0.1) is 0 Å². The maximum Gasteiger partial charge on any atom is 0.134 e. The van der Waals surface area contributed by atoms with E-state index in [1.54, 1.807) is 7.11 Å². The van der Waals surface area contributed by atoms with E-state index in [0.29, 0.717) is 6.04 Å². The molecule has 0 aromatic heterocycles. The third-order valence-corrected chi connectivity index (χ3v) is 4.06. The standard InChI is InChI=1S/C15H23NO2/c1-10-6-7-14-12(8-10)13(16-4)9-15(3,18-14)11(2)17-5/h6-8,11,13,16H,9H2,1-5H3. The van der Waals surface area contributed by atoms with Crippen LogP contribution in [0.2, 0.25) is 0 Å². The second-order valence-corrected chi connectivity index (χ2v) is 5.38. The van der Waals surface area contributed by atoms with Crippen molar-refractivity contribution < 1.29 is 9.47 Å². The van der Waals surface area contributed by atoms with Crippen LogP contribution in [0, 0.1) is 6.92 Å². The van der Waals surface area contributed by atoms with Gasteiger partial charge in [0.25, 0.3) is 0 Å². The Morgan fingerprint density at radius 2 is 2.22 bits per heavy atom. The molecule has 0 fully saturated rings. The van der Waals surface area contributed by atoms with Crippen LogP contribution in [0.25, 0.3) is 0 Å². The average Bonchev–Trinajstić information content (AvgIpc) is 2.37. The molecule has 0 spiro atoms. The Morgan fingerprint density at radius 3 is 2.83 bits per heavy atom. The van der Waals surface area contributed by atoms with Gasteiger partial charge in [0.2, 0.25) is 0 Å². The largest absolute Gasteiger partial charge is 0.484 e. The van der Waals surface area contributed by atoms with Crippen molar-refractivity contribution in [1.29, 1.82) is 0 Å². The number of aryl methyl sites for hydroxylation is 1. The second-order valence-electron chi connectivity index (χ2n) is 5.38. The topological polar surface area (TPSA) is 30.5 Å². The Kier molecular flexibility index (Phi) is 3.64. The molecule has 3 heteroatoms. The summed E-state index contributed by atoms with van der Waals surface area (Å²) in [6.07, 6.45) is 0.970. The Morgan fingerprint density at radius 1 is 1.50 bits per heavy atom. The summed E-state index contributed by atoms with van der Waals surface area (Å²) in [5.74, 6) is 0.970. The molecule has 3 unspecified atom stereocenters. The van der Waals surface area contributed by atoms with Gasteiger partial charge in [-0.25, -0.2) is 0 Å². The van der Waals surface area contributed by atoms with E-state index in [9.17, 15) is 0 Å². The summed E-state index contributed by atoms with van der Waals surface area (Å²) in [6, 6.07) is 6.67. The van der Waals surface area contributed by atoms with Crippen molar-refractivity contribution in [2.24, 2.45) is 0 Å². The summed E-state index contributed by atoms with van der Waals surface area (Å²) in [7, 11) is 3.73. The molecule has 0 bridgehead atoms. The molecule has 1 aromatic carbocycles. The van der Waals surface area contributed by atoms with Crippen molar-refractivity contribution in [1.82, 2.24) is 5.32 Å². The van der Waals surface area contributed by atoms with Crippen LogP contribution in [0.3, 0.4) is 0 Å². The molecular formula is C15H23NO2. The zero-order valence-electron chi connectivity index (χ0n) is 11.9. The molecule has 1 aromatic rings. The van der Waals surface area contributed by atoms with Crippen LogP contribution in [0.1, 0.15) is 37.4 Å². The number of ether oxygens (including phenoxy) is 2. The highest BCUT2D eigenvalue weighted by molar-refractivity contribution is 5.41. The van der Waals surface area contributed by atoms with E-state index in [4.69, 9.17) is 9.47 Å². The van der Waals surface area contributed by atoms with Gasteiger partial charge in [-0.2, -0.15) is 0 Å². The van der Waals surface area contributed by atoms with E-state index < -0.39 is 0 Å². The number of nitrogens with one attached hydrogen (secondary N) is 1. The number of hydrogen-bond donors (Lipinski definition) is 1. The first-order chi connectivity index (χ1) is 8.50. The first kappa shape index (κ1) is 13.4. The Hall–Kier alpha value is -1.06. The summed E-state index contributed by atoms with van der Waals surface area (Å²) in [6.45, 7) is 6.29. The molecule has 3 nitrogen and oxygen atoms in total. The van der Waals surface area contributed by atoms with Crippen molar-refractivity contribution in [3.63, 3.8) is 0 Å². The molecule has 0 saturated heterocycles. The fourth-order valence-electron chi connectivity index (χ4n) is 2.60. The Labute approximate surface area is 109 Å². The van der Waals surface area contributed by atoms with E-state index >= 15 is 0 Å². The monoisotopic (exact) mass is 249 g/mol. The minimum atomic E-state index is -0.287. The van der Waals surface area contributed by atoms with E-state index in [1.807, 2.05) is 7.05 Å². The SMILES string of the molecule is CNC1CC(C)(C(C)OC)Oc2ccc(C)cc21. The van der Waals surface area contributed by atoms with Crippen LogP contribution in [-0.4, -0.2) is 25.9 Å². The molecule has 0 saturated carbocycles. The van der Waals surface area contributed by atoms with Crippen molar-refractivity contribution in [2.45, 2.75) is 44.9 Å². The zero-order valence-corrected chi connectivity index (χ0v) is 11.9. The molecule has 3 atom stereocenters. The Balaban J connectivity index is 2.39. The highest BCUT2D eigenvalue weighted by Crippen LogP contribution is 2.41. The zero-order chi connectivity index (χ0) is 13.3. The third kappa shape index (κ3) is 2.25. The van der Waals surface area contributed by atoms with Crippen LogP contribution < -0.4 is 10.1 Å². The highest BCUT2D eigenvalue weighted by atomic mass is 16.5. The van der Waals surface area contributed by atoms with Crippen LogP contribution in [0.4, 0.5) is 0 Å². The first-order valence-corrected chi connectivity index (χ1v) is 6.50. The molecule has 18 heavy (non-hydrogen) atoms. The number of hydrogen-bond acceptors (Lipinski definition) is 3. The van der Waals surface area contributed by atoms with E-state index in [1.165, 1.54) is 11.1 Å². The average molecular weight is 249 g/mol. The van der Waals surface area contributed by atoms with Gasteiger partial charge in [-0.05, 0) is 33.9 Å². The van der Waals surface area contributed by atoms with Crippen LogP contribution in [-0.2, 0) is 4.74 Å². The van der Waals surface area contributed by atoms with Gasteiger partial charge in [0, 0.05) is 25.1 Å². The first-order valence-electron chi connectivity index (χ1n) is 6.50. The predicted octanol–water partition coefficient (Wildman–Crippen LogP) is 2.83. The van der Waals surface area contributed by atoms with Crippen molar-refractivity contribution in [3.8, 4) is 5.75 Å². The smallest absolute Gasteiger partial charge is 0.134 e. The minimum absolute atomic E-state index is 0.0582. The van der Waals surface area contributed by atoms with Gasteiger partial charge in [0.1, 0.15) is 11.4 Å². The Bertz CT molecular complexity index is 433. The lowest BCUT2D eigenvalue weighted by molar-refractivity contribution is -0.0727. The molecule has 0 radical (unpaired) electrons. The fraction of sp³-hybridized carbons (Fsp3) is 0.600. The van der Waals surface area contributed by atoms with Gasteiger partial charge in [-0.3, -0.25) is 0 Å². The quantitative estimate of drug-likeness (QED) is 0.893. The molecule has 0 amide bonds. The predicted molar refractivity (Wildman–Crippen MR) is 73.1 cm³/mol. The van der Waals surface area contributed by atoms with Gasteiger partial charge in [0.05, 0.1) is 6.10 Å². The second kappa shape index (κ2) is 4.90. The van der Waals surface area contributed by atoms with E-state index in [2.05, 4.69) is 44.3 Å². The number of methoxy groups -OCH3 is 1. The van der Waals surface area contributed by atoms with Gasteiger partial charge in [0.15, 0.2) is 0 Å². The molecule has 1 aliphatic rings. The number of fused-ring (bicyclic) bond motifs is 1. The highest BCUT2D eigenvalue weighted by Gasteiger charge is 2.41. The minimum Gasteiger partial charge on any atom is -0.484 e. The molecule has 2 rings (SSSR count). The van der Waals surface area contributed by atoms with E-state index in [0.717, 1.165) is 12.2 Å². The number of benzene rings is 1. The maximum atomic E-state index is 6.19. The van der Waals surface area contributed by atoms with Crippen molar-refractivity contribution in [2.75, 3.05) is 14.2 Å². The lowest BCUT2D eigenvalue weighted by Gasteiger charge is -2.43. The van der Waals surface area contributed by atoms with Crippen molar-refractivity contribution in [3.05, 3.63) is 29.3 Å². The van der Waals surface area contributed by atoms with Crippen LogP contribution in [0.15, 0.2) is 18.2 Å². The van der Waals surface area contributed by atoms with Crippen molar-refractivity contribution >= 4 is 0 Å². The summed E-state index contributed by atoms with van der Waals surface area (Å²) < 4.78 is 11.7. The summed E-state index contributed by atoms with van der Waals surface area (Å²) in [4.78, 5) is 0. The van der Waals surface area contributed by atoms with Gasteiger partial charge in [-0.1, -0.05) is 17.7 Å². The molecule has 1 N–H and O–H groups in total. The normalized spacial score (nSPS) is 28.4. The maximum absolute atomic E-state index is 6.19. The number of rotatable bonds is 3. The van der Waals surface area contributed by atoms with Gasteiger partial charge >= 0.3 is 0 Å². The summed E-state index contributed by atoms with van der Waals surface area (Å²) in [5, 5.41) is 3.39. The lowest BCUT2D eigenvalue weighted by Crippen LogP contribution is -2.49. The fourth-order valence-corrected chi connectivity index (χ4v) is 2.60. The molecule has 1 heterocycles. The lowest BCUT2D eigenvalue weighted by atomic mass is 9.84. The summed E-state index contributed by atoms with van der Waals surface area (Å²) >= 11 is 0. The molecular weight excluding hydrogens is 226 g/mol. The van der Waals surface area contributed by atoms with Crippen LogP contribution in [0.5, 0.6) is 5.75 Å². The summed E-state index contributed by atoms with van der Waals surface area (Å²) in [5.41, 5.74) is 2.23. The third-order valence-electron chi connectivity index (χ3n) is 4.06. The van der Waals surface area contributed by atoms with Gasteiger partial charge < -0.3 is 14.8 Å². The molecule has 0 aliphatic carbocycles. The molecule has 100 valence electrons. The van der Waals surface area contributed by atoms with Crippen LogP contribution >= 0.6 is 0 Å².